The number of carbonyl (C=O) groups is 1. The molecule has 3 aromatic carbocycles. The average Bonchev–Trinajstić information content (AvgIpc) is 3.51. The average molecular weight is 517 g/mol. The van der Waals surface area contributed by atoms with Crippen LogP contribution in [0.2, 0.25) is 10.0 Å². The summed E-state index contributed by atoms with van der Waals surface area (Å²) in [6.07, 6.45) is 2.99. The van der Waals surface area contributed by atoms with Gasteiger partial charge in [-0.15, -0.1) is 0 Å². The van der Waals surface area contributed by atoms with Crippen LogP contribution in [0.25, 0.3) is 40.0 Å². The number of oxazole rings is 1. The molecule has 2 heterocycles. The Labute approximate surface area is 218 Å². The van der Waals surface area contributed by atoms with Gasteiger partial charge in [0.05, 0.1) is 10.7 Å². The minimum Gasteiger partial charge on any atom is -0.457 e. The highest BCUT2D eigenvalue weighted by atomic mass is 35.5. The highest BCUT2D eigenvalue weighted by Gasteiger charge is 2.13. The summed E-state index contributed by atoms with van der Waals surface area (Å²) in [5.74, 6) is 1.73. The van der Waals surface area contributed by atoms with Gasteiger partial charge in [-0.25, -0.2) is 4.98 Å². The predicted octanol–water partition coefficient (Wildman–Crippen LogP) is 8.84. The molecule has 0 fully saturated rings. The van der Waals surface area contributed by atoms with Gasteiger partial charge in [-0.3, -0.25) is 4.79 Å². The van der Waals surface area contributed by atoms with Crippen LogP contribution in [0.5, 0.6) is 0 Å². The second-order valence-electron chi connectivity index (χ2n) is 8.63. The van der Waals surface area contributed by atoms with Crippen molar-refractivity contribution in [2.24, 2.45) is 0 Å². The highest BCUT2D eigenvalue weighted by Crippen LogP contribution is 2.31. The zero-order chi connectivity index (χ0) is 25.2. The van der Waals surface area contributed by atoms with Crippen LogP contribution in [0.15, 0.2) is 87.7 Å². The van der Waals surface area contributed by atoms with E-state index in [0.717, 1.165) is 11.1 Å². The first kappa shape index (κ1) is 23.9. The molecule has 5 nitrogen and oxygen atoms in total. The van der Waals surface area contributed by atoms with E-state index in [4.69, 9.17) is 32.0 Å². The number of rotatable bonds is 6. The molecule has 7 heteroatoms. The van der Waals surface area contributed by atoms with Crippen LogP contribution in [0.1, 0.15) is 31.1 Å². The Bertz CT molecular complexity index is 1580. The molecule has 0 spiro atoms. The Balaban J connectivity index is 1.31. The largest absolute Gasteiger partial charge is 0.457 e. The summed E-state index contributed by atoms with van der Waals surface area (Å²) >= 11 is 12.3. The van der Waals surface area contributed by atoms with Crippen LogP contribution in [0.4, 0.5) is 5.69 Å². The number of aromatic nitrogens is 1. The molecular formula is C29H22Cl2N2O3. The number of hydrogen-bond donors (Lipinski definition) is 1. The summed E-state index contributed by atoms with van der Waals surface area (Å²) in [5.41, 5.74) is 4.74. The van der Waals surface area contributed by atoms with Crippen molar-refractivity contribution in [3.63, 3.8) is 0 Å². The number of halogens is 2. The molecule has 0 radical (unpaired) electrons. The maximum Gasteiger partial charge on any atom is 0.248 e. The van der Waals surface area contributed by atoms with Crippen LogP contribution in [-0.4, -0.2) is 10.9 Å². The Kier molecular flexibility index (Phi) is 6.68. The van der Waals surface area contributed by atoms with Crippen LogP contribution in [0, 0.1) is 0 Å². The molecule has 1 N–H and O–H groups in total. The fourth-order valence-corrected chi connectivity index (χ4v) is 4.02. The standard InChI is InChI=1S/C29H22Cl2N2O3/c1-17(2)19-6-12-27-25(15-19)33-29(36-27)20-5-11-23(31)24(16-20)32-28(34)14-10-22-9-13-26(35-22)18-3-7-21(30)8-4-18/h3-17H,1-2H3,(H,32,34)/b14-10+. The van der Waals surface area contributed by atoms with Gasteiger partial charge in [0.15, 0.2) is 5.58 Å². The van der Waals surface area contributed by atoms with Crippen molar-refractivity contribution in [2.75, 3.05) is 5.32 Å². The third-order valence-electron chi connectivity index (χ3n) is 5.70. The summed E-state index contributed by atoms with van der Waals surface area (Å²) in [4.78, 5) is 17.2. The third-order valence-corrected chi connectivity index (χ3v) is 6.29. The van der Waals surface area contributed by atoms with Gasteiger partial charge in [0.1, 0.15) is 17.0 Å². The first-order valence-corrected chi connectivity index (χ1v) is 12.2. The van der Waals surface area contributed by atoms with E-state index in [2.05, 4.69) is 24.1 Å². The summed E-state index contributed by atoms with van der Waals surface area (Å²) in [7, 11) is 0. The van der Waals surface area contributed by atoms with E-state index in [9.17, 15) is 4.79 Å². The normalized spacial score (nSPS) is 11.6. The van der Waals surface area contributed by atoms with Crippen molar-refractivity contribution >= 4 is 52.0 Å². The Hall–Kier alpha value is -3.80. The minimum absolute atomic E-state index is 0.349. The smallest absolute Gasteiger partial charge is 0.248 e. The highest BCUT2D eigenvalue weighted by molar-refractivity contribution is 6.34. The lowest BCUT2D eigenvalue weighted by atomic mass is 10.0. The summed E-state index contributed by atoms with van der Waals surface area (Å²) in [6, 6.07) is 22.2. The fraction of sp³-hybridized carbons (Fsp3) is 0.103. The molecule has 0 bridgehead atoms. The maximum atomic E-state index is 12.6. The number of benzene rings is 3. The van der Waals surface area contributed by atoms with Crippen LogP contribution in [0.3, 0.4) is 0 Å². The molecule has 0 unspecified atom stereocenters. The number of amides is 1. The zero-order valence-corrected chi connectivity index (χ0v) is 21.1. The zero-order valence-electron chi connectivity index (χ0n) is 19.6. The number of anilines is 1. The number of nitrogens with zero attached hydrogens (tertiary/aromatic N) is 1. The predicted molar refractivity (Wildman–Crippen MR) is 145 cm³/mol. The van der Waals surface area contributed by atoms with Gasteiger partial charge in [0.25, 0.3) is 0 Å². The molecule has 1 amide bonds. The van der Waals surface area contributed by atoms with E-state index in [-0.39, 0.29) is 5.91 Å². The molecule has 0 saturated heterocycles. The van der Waals surface area contributed by atoms with Gasteiger partial charge < -0.3 is 14.2 Å². The Morgan fingerprint density at radius 3 is 2.47 bits per heavy atom. The number of fused-ring (bicyclic) bond motifs is 1. The van der Waals surface area contributed by atoms with Gasteiger partial charge in [-0.05, 0) is 84.3 Å². The van der Waals surface area contributed by atoms with E-state index in [0.29, 0.717) is 50.2 Å². The second-order valence-corrected chi connectivity index (χ2v) is 9.47. The molecule has 0 saturated carbocycles. The molecule has 5 rings (SSSR count). The fourth-order valence-electron chi connectivity index (χ4n) is 3.73. The van der Waals surface area contributed by atoms with E-state index < -0.39 is 0 Å². The van der Waals surface area contributed by atoms with Gasteiger partial charge in [-0.1, -0.05) is 43.1 Å². The van der Waals surface area contributed by atoms with E-state index in [1.165, 1.54) is 11.6 Å². The van der Waals surface area contributed by atoms with Crippen molar-refractivity contribution in [1.82, 2.24) is 4.98 Å². The topological polar surface area (TPSA) is 68.3 Å². The first-order valence-electron chi connectivity index (χ1n) is 11.4. The minimum atomic E-state index is -0.349. The molecule has 5 aromatic rings. The van der Waals surface area contributed by atoms with Gasteiger partial charge in [0.2, 0.25) is 11.8 Å². The molecule has 0 aliphatic carbocycles. The Morgan fingerprint density at radius 2 is 1.69 bits per heavy atom. The van der Waals surface area contributed by atoms with Gasteiger partial charge in [0, 0.05) is 22.2 Å². The number of furan rings is 1. The number of hydrogen-bond acceptors (Lipinski definition) is 4. The lowest BCUT2D eigenvalue weighted by molar-refractivity contribution is -0.111. The van der Waals surface area contributed by atoms with E-state index in [1.807, 2.05) is 42.5 Å². The third kappa shape index (κ3) is 5.23. The van der Waals surface area contributed by atoms with Crippen LogP contribution < -0.4 is 5.32 Å². The molecule has 0 aliphatic rings. The van der Waals surface area contributed by atoms with Gasteiger partial charge in [-0.2, -0.15) is 0 Å². The van der Waals surface area contributed by atoms with E-state index >= 15 is 0 Å². The molecular weight excluding hydrogens is 495 g/mol. The van der Waals surface area contributed by atoms with E-state index in [1.54, 1.807) is 36.4 Å². The summed E-state index contributed by atoms with van der Waals surface area (Å²) in [6.45, 7) is 4.27. The first-order chi connectivity index (χ1) is 17.4. The van der Waals surface area contributed by atoms with Crippen molar-refractivity contribution in [2.45, 2.75) is 19.8 Å². The summed E-state index contributed by atoms with van der Waals surface area (Å²) in [5, 5.41) is 3.87. The SMILES string of the molecule is CC(C)c1ccc2oc(-c3ccc(Cl)c(NC(=O)/C=C/c4ccc(-c5ccc(Cl)cc5)o4)c3)nc2c1. The van der Waals surface area contributed by atoms with Crippen LogP contribution in [-0.2, 0) is 4.79 Å². The van der Waals surface area contributed by atoms with Crippen molar-refractivity contribution in [3.05, 3.63) is 100 Å². The monoisotopic (exact) mass is 516 g/mol. The van der Waals surface area contributed by atoms with Gasteiger partial charge >= 0.3 is 0 Å². The summed E-state index contributed by atoms with van der Waals surface area (Å²) < 4.78 is 11.7. The van der Waals surface area contributed by atoms with Crippen molar-refractivity contribution in [3.8, 4) is 22.8 Å². The molecule has 2 aromatic heterocycles. The lowest BCUT2D eigenvalue weighted by Gasteiger charge is -2.06. The van der Waals surface area contributed by atoms with Crippen molar-refractivity contribution < 1.29 is 13.6 Å². The quantitative estimate of drug-likeness (QED) is 0.229. The number of nitrogens with one attached hydrogen (secondary N) is 1. The second kappa shape index (κ2) is 10.1. The van der Waals surface area contributed by atoms with Crippen LogP contribution >= 0.6 is 23.2 Å². The molecule has 180 valence electrons. The molecule has 0 atom stereocenters. The number of carbonyl (C=O) groups excluding carboxylic acids is 1. The molecule has 0 aliphatic heterocycles. The maximum absolute atomic E-state index is 12.6. The lowest BCUT2D eigenvalue weighted by Crippen LogP contribution is -2.08. The Morgan fingerprint density at radius 1 is 0.917 bits per heavy atom. The molecule has 36 heavy (non-hydrogen) atoms. The van der Waals surface area contributed by atoms with Crippen molar-refractivity contribution in [1.29, 1.82) is 0 Å².